The molecular formula is C13H13F3N2O2. The highest BCUT2D eigenvalue weighted by Gasteiger charge is 2.31. The van der Waals surface area contributed by atoms with Crippen molar-refractivity contribution in [3.63, 3.8) is 0 Å². The fraction of sp³-hybridized carbons (Fsp3) is 0.308. The lowest BCUT2D eigenvalue weighted by Crippen LogP contribution is -2.04. The highest BCUT2D eigenvalue weighted by Crippen LogP contribution is 2.36. The van der Waals surface area contributed by atoms with Crippen LogP contribution in [0.4, 0.5) is 13.2 Å². The van der Waals surface area contributed by atoms with Crippen LogP contribution in [0.1, 0.15) is 5.56 Å². The van der Waals surface area contributed by atoms with Crippen LogP contribution in [0.5, 0.6) is 5.75 Å². The third-order valence-corrected chi connectivity index (χ3v) is 2.79. The topological polar surface area (TPSA) is 47.3 Å². The average Bonchev–Trinajstić information content (AvgIpc) is 2.84. The smallest absolute Gasteiger partial charge is 0.416 e. The molecule has 20 heavy (non-hydrogen) atoms. The van der Waals surface area contributed by atoms with Gasteiger partial charge in [0.05, 0.1) is 24.9 Å². The van der Waals surface area contributed by atoms with Gasteiger partial charge in [0.25, 0.3) is 0 Å². The van der Waals surface area contributed by atoms with Crippen molar-refractivity contribution in [2.75, 3.05) is 13.7 Å². The maximum Gasteiger partial charge on any atom is 0.416 e. The molecule has 0 spiro atoms. The predicted octanol–water partition coefficient (Wildman–Crippen LogP) is 2.92. The maximum absolute atomic E-state index is 12.7. The molecule has 0 aliphatic heterocycles. The maximum atomic E-state index is 12.7. The van der Waals surface area contributed by atoms with E-state index in [-0.39, 0.29) is 11.3 Å². The Morgan fingerprint density at radius 1 is 1.35 bits per heavy atom. The van der Waals surface area contributed by atoms with E-state index in [2.05, 4.69) is 5.10 Å². The first-order valence-electron chi connectivity index (χ1n) is 5.84. The molecule has 1 N–H and O–H groups in total. The second kappa shape index (κ2) is 5.54. The second-order valence-electron chi connectivity index (χ2n) is 4.21. The van der Waals surface area contributed by atoms with Crippen LogP contribution in [0.25, 0.3) is 11.1 Å². The third kappa shape index (κ3) is 3.11. The summed E-state index contributed by atoms with van der Waals surface area (Å²) in [7, 11) is 1.54. The Morgan fingerprint density at radius 2 is 2.10 bits per heavy atom. The van der Waals surface area contributed by atoms with Gasteiger partial charge in [-0.25, -0.2) is 0 Å². The van der Waals surface area contributed by atoms with E-state index >= 15 is 0 Å². The zero-order valence-electron chi connectivity index (χ0n) is 10.7. The number of hydrogen-bond acceptors (Lipinski definition) is 3. The number of halogens is 3. The highest BCUT2D eigenvalue weighted by atomic mass is 19.4. The largest absolute Gasteiger partial charge is 0.507 e. The van der Waals surface area contributed by atoms with E-state index in [0.717, 1.165) is 18.2 Å². The molecule has 2 rings (SSSR count). The van der Waals surface area contributed by atoms with Crippen LogP contribution in [-0.4, -0.2) is 28.6 Å². The van der Waals surface area contributed by atoms with Crippen LogP contribution in [0.2, 0.25) is 0 Å². The first kappa shape index (κ1) is 14.4. The second-order valence-corrected chi connectivity index (χ2v) is 4.21. The summed E-state index contributed by atoms with van der Waals surface area (Å²) in [4.78, 5) is 0. The monoisotopic (exact) mass is 286 g/mol. The summed E-state index contributed by atoms with van der Waals surface area (Å²) < 4.78 is 44.4. The van der Waals surface area contributed by atoms with Crippen molar-refractivity contribution in [2.24, 2.45) is 0 Å². The molecular weight excluding hydrogens is 273 g/mol. The molecule has 4 nitrogen and oxygen atoms in total. The summed E-state index contributed by atoms with van der Waals surface area (Å²) in [5.74, 6) is -0.218. The number of phenolic OH excluding ortho intramolecular Hbond substituents is 1. The molecule has 0 unspecified atom stereocenters. The van der Waals surface area contributed by atoms with Crippen molar-refractivity contribution in [1.29, 1.82) is 0 Å². The van der Waals surface area contributed by atoms with E-state index in [1.807, 2.05) is 0 Å². The Morgan fingerprint density at radius 3 is 2.75 bits per heavy atom. The van der Waals surface area contributed by atoms with Gasteiger partial charge >= 0.3 is 6.18 Å². The zero-order chi connectivity index (χ0) is 14.8. The van der Waals surface area contributed by atoms with E-state index in [9.17, 15) is 18.3 Å². The number of ether oxygens (including phenoxy) is 1. The Balaban J connectivity index is 2.34. The van der Waals surface area contributed by atoms with Crippen LogP contribution in [-0.2, 0) is 17.5 Å². The fourth-order valence-corrected chi connectivity index (χ4v) is 1.75. The SMILES string of the molecule is COCCn1cc(-c2cc(C(F)(F)F)ccc2O)cn1. The molecule has 7 heteroatoms. The zero-order valence-corrected chi connectivity index (χ0v) is 10.7. The van der Waals surface area contributed by atoms with Crippen LogP contribution in [0.3, 0.4) is 0 Å². The number of nitrogens with zero attached hydrogens (tertiary/aromatic N) is 2. The Kier molecular flexibility index (Phi) is 3.99. The number of rotatable bonds is 4. The molecule has 0 radical (unpaired) electrons. The average molecular weight is 286 g/mol. The van der Waals surface area contributed by atoms with Gasteiger partial charge in [0.2, 0.25) is 0 Å². The fourth-order valence-electron chi connectivity index (χ4n) is 1.75. The van der Waals surface area contributed by atoms with Crippen LogP contribution < -0.4 is 0 Å². The van der Waals surface area contributed by atoms with Gasteiger partial charge in [-0.05, 0) is 18.2 Å². The standard InChI is InChI=1S/C13H13F3N2O2/c1-20-5-4-18-8-9(7-17-18)11-6-10(13(14,15)16)2-3-12(11)19/h2-3,6-8,19H,4-5H2,1H3. The number of alkyl halides is 3. The minimum atomic E-state index is -4.45. The summed E-state index contributed by atoms with van der Waals surface area (Å²) in [5, 5.41) is 13.7. The Bertz CT molecular complexity index is 594. The van der Waals surface area contributed by atoms with Gasteiger partial charge < -0.3 is 9.84 Å². The van der Waals surface area contributed by atoms with Crippen molar-refractivity contribution in [2.45, 2.75) is 12.7 Å². The lowest BCUT2D eigenvalue weighted by atomic mass is 10.0. The first-order valence-corrected chi connectivity index (χ1v) is 5.84. The lowest BCUT2D eigenvalue weighted by Gasteiger charge is -2.09. The quantitative estimate of drug-likeness (QED) is 0.940. The molecule has 0 amide bonds. The van der Waals surface area contributed by atoms with Gasteiger partial charge in [-0.15, -0.1) is 0 Å². The molecule has 2 aromatic rings. The molecule has 1 aromatic carbocycles. The molecule has 108 valence electrons. The van der Waals surface area contributed by atoms with Gasteiger partial charge in [-0.2, -0.15) is 18.3 Å². The third-order valence-electron chi connectivity index (χ3n) is 2.79. The van der Waals surface area contributed by atoms with Gasteiger partial charge in [-0.1, -0.05) is 0 Å². The van der Waals surface area contributed by atoms with Crippen molar-refractivity contribution in [3.8, 4) is 16.9 Å². The number of hydrogen-bond donors (Lipinski definition) is 1. The number of aromatic nitrogens is 2. The van der Waals surface area contributed by atoms with Crippen molar-refractivity contribution >= 4 is 0 Å². The molecule has 1 aromatic heterocycles. The Labute approximate surface area is 113 Å². The predicted molar refractivity (Wildman–Crippen MR) is 66.2 cm³/mol. The molecule has 0 fully saturated rings. The number of phenols is 1. The van der Waals surface area contributed by atoms with E-state index in [4.69, 9.17) is 4.74 Å². The summed E-state index contributed by atoms with van der Waals surface area (Å²) in [5.41, 5.74) is -0.289. The first-order chi connectivity index (χ1) is 9.41. The van der Waals surface area contributed by atoms with Crippen LogP contribution in [0.15, 0.2) is 30.6 Å². The summed E-state index contributed by atoms with van der Waals surface area (Å²) in [6.07, 6.45) is -1.48. The highest BCUT2D eigenvalue weighted by molar-refractivity contribution is 5.69. The van der Waals surface area contributed by atoms with E-state index < -0.39 is 11.7 Å². The van der Waals surface area contributed by atoms with E-state index in [0.29, 0.717) is 18.7 Å². The lowest BCUT2D eigenvalue weighted by molar-refractivity contribution is -0.137. The molecule has 0 aliphatic rings. The van der Waals surface area contributed by atoms with Gasteiger partial charge in [0.15, 0.2) is 0 Å². The number of methoxy groups -OCH3 is 1. The Hall–Kier alpha value is -2.02. The molecule has 0 saturated heterocycles. The van der Waals surface area contributed by atoms with Gasteiger partial charge in [-0.3, -0.25) is 4.68 Å². The number of aromatic hydroxyl groups is 1. The molecule has 1 heterocycles. The molecule has 0 bridgehead atoms. The minimum absolute atomic E-state index is 0.100. The molecule has 0 saturated carbocycles. The van der Waals surface area contributed by atoms with E-state index in [1.165, 1.54) is 6.20 Å². The summed E-state index contributed by atoms with van der Waals surface area (Å²) in [6, 6.07) is 2.78. The van der Waals surface area contributed by atoms with Crippen molar-refractivity contribution in [3.05, 3.63) is 36.2 Å². The molecule has 0 atom stereocenters. The number of benzene rings is 1. The van der Waals surface area contributed by atoms with Gasteiger partial charge in [0, 0.05) is 24.4 Å². The van der Waals surface area contributed by atoms with Crippen molar-refractivity contribution in [1.82, 2.24) is 9.78 Å². The minimum Gasteiger partial charge on any atom is -0.507 e. The van der Waals surface area contributed by atoms with Crippen LogP contribution >= 0.6 is 0 Å². The molecule has 0 aliphatic carbocycles. The van der Waals surface area contributed by atoms with Gasteiger partial charge in [0.1, 0.15) is 5.75 Å². The van der Waals surface area contributed by atoms with Crippen LogP contribution in [0, 0.1) is 0 Å². The summed E-state index contributed by atoms with van der Waals surface area (Å²) >= 11 is 0. The van der Waals surface area contributed by atoms with Crippen molar-refractivity contribution < 1.29 is 23.0 Å². The summed E-state index contributed by atoms with van der Waals surface area (Å²) in [6.45, 7) is 0.923. The normalized spacial score (nSPS) is 11.8. The van der Waals surface area contributed by atoms with E-state index in [1.54, 1.807) is 18.0 Å².